The fraction of sp³-hybridized carbons (Fsp3) is 1.00. The van der Waals surface area contributed by atoms with E-state index in [9.17, 15) is 0 Å². The summed E-state index contributed by atoms with van der Waals surface area (Å²) in [6.45, 7) is 4.74. The molecule has 0 amide bonds. The Kier molecular flexibility index (Phi) is 20.0. The van der Waals surface area contributed by atoms with Gasteiger partial charge in [-0.2, -0.15) is 0 Å². The van der Waals surface area contributed by atoms with Gasteiger partial charge in [-0.25, -0.2) is 0 Å². The first kappa shape index (κ1) is 37.0. The molecule has 0 aromatic carbocycles. The molecule has 4 saturated carbocycles. The maximum Gasteiger partial charge on any atom is -0.0411 e. The monoisotopic (exact) mass is 521 g/mol. The lowest BCUT2D eigenvalue weighted by Gasteiger charge is -2.37. The Hall–Kier alpha value is 0. The van der Waals surface area contributed by atoms with Crippen LogP contribution in [0.15, 0.2) is 0 Å². The second kappa shape index (κ2) is 20.0. The van der Waals surface area contributed by atoms with Crippen molar-refractivity contribution in [3.8, 4) is 0 Å². The molecule has 0 radical (unpaired) electrons. The lowest BCUT2D eigenvalue weighted by atomic mass is 9.69. The highest BCUT2D eigenvalue weighted by Gasteiger charge is 2.30. The summed E-state index contributed by atoms with van der Waals surface area (Å²) in [6.07, 6.45) is 35.7. The lowest BCUT2D eigenvalue weighted by Crippen LogP contribution is -2.24. The van der Waals surface area contributed by atoms with Gasteiger partial charge < -0.3 is 0 Å². The summed E-state index contributed by atoms with van der Waals surface area (Å²) < 4.78 is 0. The van der Waals surface area contributed by atoms with Crippen LogP contribution in [-0.4, -0.2) is 0 Å². The molecule has 0 bridgehead atoms. The van der Waals surface area contributed by atoms with E-state index < -0.39 is 0 Å². The molecule has 0 atom stereocenters. The molecule has 0 aliphatic heterocycles. The fourth-order valence-electron chi connectivity index (χ4n) is 9.15. The molecule has 0 aromatic heterocycles. The van der Waals surface area contributed by atoms with Gasteiger partial charge in [-0.1, -0.05) is 172 Å². The van der Waals surface area contributed by atoms with Gasteiger partial charge in [0.25, 0.3) is 0 Å². The molecule has 0 aromatic rings. The molecule has 4 aliphatic rings. The van der Waals surface area contributed by atoms with Crippen LogP contribution in [0.25, 0.3) is 0 Å². The van der Waals surface area contributed by atoms with Crippen LogP contribution in [0.1, 0.15) is 191 Å². The molecule has 0 N–H and O–H groups in total. The molecule has 0 nitrogen and oxygen atoms in total. The maximum absolute atomic E-state index is 2.37. The standard InChI is InChI=1S/C33H60.4CH4/c1-3-5-26-7-11-28(12-8-26)23-30-15-19-32(20-16-30)25-33-21-17-31(18-22-33)24-29-13-9-27(6-4-2)10-14-29;;;;/h26-33H,3-25H2,1-2H3;4*1H4. The number of rotatable bonds is 10. The Morgan fingerprint density at radius 1 is 0.297 bits per heavy atom. The summed E-state index contributed by atoms with van der Waals surface area (Å²) in [6, 6.07) is 0. The van der Waals surface area contributed by atoms with Gasteiger partial charge in [-0.15, -0.1) is 0 Å². The Labute approximate surface area is 238 Å². The van der Waals surface area contributed by atoms with E-state index in [0.717, 1.165) is 47.3 Å². The average Bonchev–Trinajstić information content (AvgIpc) is 2.84. The minimum atomic E-state index is 0. The van der Waals surface area contributed by atoms with Gasteiger partial charge in [0.1, 0.15) is 0 Å². The van der Waals surface area contributed by atoms with Gasteiger partial charge in [0.15, 0.2) is 0 Å². The van der Waals surface area contributed by atoms with Gasteiger partial charge in [-0.05, 0) is 66.6 Å². The van der Waals surface area contributed by atoms with Crippen molar-refractivity contribution in [3.63, 3.8) is 0 Å². The molecule has 37 heavy (non-hydrogen) atoms. The van der Waals surface area contributed by atoms with Crippen LogP contribution in [0, 0.1) is 47.3 Å². The predicted octanol–water partition coefficient (Wildman–Crippen LogP) is 13.5. The third kappa shape index (κ3) is 12.4. The van der Waals surface area contributed by atoms with E-state index in [-0.39, 0.29) is 29.7 Å². The topological polar surface area (TPSA) is 0 Å². The second-order valence-corrected chi connectivity index (χ2v) is 13.8. The first-order valence-corrected chi connectivity index (χ1v) is 16.2. The third-order valence-corrected chi connectivity index (χ3v) is 11.3. The zero-order chi connectivity index (χ0) is 22.9. The van der Waals surface area contributed by atoms with E-state index in [1.165, 1.54) is 25.7 Å². The predicted molar refractivity (Wildman–Crippen MR) is 172 cm³/mol. The molecule has 0 heterocycles. The van der Waals surface area contributed by atoms with Crippen LogP contribution in [0.3, 0.4) is 0 Å². The van der Waals surface area contributed by atoms with Gasteiger partial charge in [0.05, 0.1) is 0 Å². The van der Waals surface area contributed by atoms with Crippen LogP contribution in [-0.2, 0) is 0 Å². The summed E-state index contributed by atoms with van der Waals surface area (Å²) in [7, 11) is 0. The highest BCUT2D eigenvalue weighted by atomic mass is 14.4. The lowest BCUT2D eigenvalue weighted by molar-refractivity contribution is 0.151. The smallest absolute Gasteiger partial charge is 0.0411 e. The van der Waals surface area contributed by atoms with Crippen LogP contribution in [0.4, 0.5) is 0 Å². The summed E-state index contributed by atoms with van der Waals surface area (Å²) in [5, 5.41) is 0. The van der Waals surface area contributed by atoms with E-state index in [1.807, 2.05) is 0 Å². The van der Waals surface area contributed by atoms with E-state index in [2.05, 4.69) is 13.8 Å². The van der Waals surface area contributed by atoms with Gasteiger partial charge in [0, 0.05) is 0 Å². The van der Waals surface area contributed by atoms with Crippen molar-refractivity contribution < 1.29 is 0 Å². The summed E-state index contributed by atoms with van der Waals surface area (Å²) >= 11 is 0. The second-order valence-electron chi connectivity index (χ2n) is 13.8. The van der Waals surface area contributed by atoms with Crippen molar-refractivity contribution in [2.75, 3.05) is 0 Å². The first-order valence-electron chi connectivity index (χ1n) is 16.2. The van der Waals surface area contributed by atoms with Crippen molar-refractivity contribution >= 4 is 0 Å². The quantitative estimate of drug-likeness (QED) is 0.268. The average molecular weight is 521 g/mol. The minimum Gasteiger partial charge on any atom is -0.0776 e. The zero-order valence-electron chi connectivity index (χ0n) is 22.9. The van der Waals surface area contributed by atoms with Crippen molar-refractivity contribution in [1.29, 1.82) is 0 Å². The molecule has 0 unspecified atom stereocenters. The van der Waals surface area contributed by atoms with Crippen molar-refractivity contribution in [1.82, 2.24) is 0 Å². The van der Waals surface area contributed by atoms with Gasteiger partial charge >= 0.3 is 0 Å². The molecular weight excluding hydrogens is 444 g/mol. The Bertz CT molecular complexity index is 444. The molecule has 4 fully saturated rings. The van der Waals surface area contributed by atoms with Crippen LogP contribution < -0.4 is 0 Å². The Morgan fingerprint density at radius 2 is 0.459 bits per heavy atom. The molecule has 224 valence electrons. The van der Waals surface area contributed by atoms with Crippen molar-refractivity contribution in [3.05, 3.63) is 0 Å². The van der Waals surface area contributed by atoms with E-state index in [0.29, 0.717) is 0 Å². The van der Waals surface area contributed by atoms with Gasteiger partial charge in [-0.3, -0.25) is 0 Å². The number of hydrogen-bond donors (Lipinski definition) is 0. The van der Waals surface area contributed by atoms with E-state index >= 15 is 0 Å². The third-order valence-electron chi connectivity index (χ3n) is 11.3. The fourth-order valence-corrected chi connectivity index (χ4v) is 9.15. The largest absolute Gasteiger partial charge is 0.0776 e. The maximum atomic E-state index is 2.37. The zero-order valence-corrected chi connectivity index (χ0v) is 22.9. The number of hydrogen-bond acceptors (Lipinski definition) is 0. The SMILES string of the molecule is C.C.C.C.CCCC1CCC(CC2CCC(CC3CCC(CC4CCC(CCC)CC4)CC3)CC2)CC1. The minimum absolute atomic E-state index is 0. The molecule has 0 heteroatoms. The summed E-state index contributed by atoms with van der Waals surface area (Å²) in [5.74, 6) is 8.73. The summed E-state index contributed by atoms with van der Waals surface area (Å²) in [5.41, 5.74) is 0. The molecule has 4 aliphatic carbocycles. The van der Waals surface area contributed by atoms with Crippen LogP contribution >= 0.6 is 0 Å². The highest BCUT2D eigenvalue weighted by Crippen LogP contribution is 2.44. The molecular formula is C37H76. The first-order chi connectivity index (χ1) is 16.2. The van der Waals surface area contributed by atoms with Crippen molar-refractivity contribution in [2.45, 2.75) is 191 Å². The van der Waals surface area contributed by atoms with Gasteiger partial charge in [0.2, 0.25) is 0 Å². The Morgan fingerprint density at radius 3 is 0.622 bits per heavy atom. The van der Waals surface area contributed by atoms with Crippen molar-refractivity contribution in [2.24, 2.45) is 47.3 Å². The summed E-state index contributed by atoms with van der Waals surface area (Å²) in [4.78, 5) is 0. The van der Waals surface area contributed by atoms with E-state index in [4.69, 9.17) is 0 Å². The Balaban J connectivity index is 0.00000324. The molecule has 0 spiro atoms. The van der Waals surface area contributed by atoms with Crippen LogP contribution in [0.2, 0.25) is 0 Å². The molecule has 0 saturated heterocycles. The molecule has 4 rings (SSSR count). The van der Waals surface area contributed by atoms with Crippen LogP contribution in [0.5, 0.6) is 0 Å². The highest BCUT2D eigenvalue weighted by molar-refractivity contribution is 4.82. The normalized spacial score (nSPS) is 36.2. The van der Waals surface area contributed by atoms with E-state index in [1.54, 1.807) is 122 Å².